The molecule has 0 radical (unpaired) electrons. The van der Waals surface area contributed by atoms with E-state index in [0.29, 0.717) is 11.3 Å². The first-order valence-corrected chi connectivity index (χ1v) is 7.29. The summed E-state index contributed by atoms with van der Waals surface area (Å²) in [6.07, 6.45) is 5.58. The smallest absolute Gasteiger partial charge is 0.0818 e. The Bertz CT molecular complexity index is 367. The van der Waals surface area contributed by atoms with Gasteiger partial charge in [-0.1, -0.05) is 45.0 Å². The Labute approximate surface area is 111 Å². The van der Waals surface area contributed by atoms with E-state index in [2.05, 4.69) is 45.0 Å². The summed E-state index contributed by atoms with van der Waals surface area (Å²) in [6.45, 7) is 6.84. The highest BCUT2D eigenvalue weighted by Crippen LogP contribution is 2.42. The van der Waals surface area contributed by atoms with Gasteiger partial charge in [0, 0.05) is 0 Å². The highest BCUT2D eigenvalue weighted by atomic mass is 16.3. The lowest BCUT2D eigenvalue weighted by molar-refractivity contribution is 0.0567. The minimum absolute atomic E-state index is 0.271. The molecule has 0 aromatic heterocycles. The van der Waals surface area contributed by atoms with Crippen LogP contribution in [0.15, 0.2) is 24.3 Å². The molecule has 0 bridgehead atoms. The Kier molecular flexibility index (Phi) is 4.11. The third kappa shape index (κ3) is 3.14. The Morgan fingerprint density at radius 2 is 1.72 bits per heavy atom. The average molecular weight is 246 g/mol. The van der Waals surface area contributed by atoms with Crippen molar-refractivity contribution in [3.8, 4) is 0 Å². The summed E-state index contributed by atoms with van der Waals surface area (Å²) < 4.78 is 0. The second kappa shape index (κ2) is 5.44. The average Bonchev–Trinajstić information content (AvgIpc) is 2.38. The fourth-order valence-corrected chi connectivity index (χ4v) is 2.96. The first kappa shape index (κ1) is 13.6. The predicted octanol–water partition coefficient (Wildman–Crippen LogP) is 4.50. The number of aliphatic hydroxyl groups excluding tert-OH is 1. The molecule has 100 valence electrons. The van der Waals surface area contributed by atoms with E-state index in [1.165, 1.54) is 18.4 Å². The number of aliphatic hydroxyl groups is 1. The molecule has 18 heavy (non-hydrogen) atoms. The van der Waals surface area contributed by atoms with E-state index >= 15 is 0 Å². The van der Waals surface area contributed by atoms with Crippen LogP contribution in [0.3, 0.4) is 0 Å². The van der Waals surface area contributed by atoms with Crippen LogP contribution in [0.1, 0.15) is 63.7 Å². The third-order valence-electron chi connectivity index (χ3n) is 4.56. The molecule has 0 spiro atoms. The normalized spacial score (nSPS) is 21.8. The third-order valence-corrected chi connectivity index (χ3v) is 4.56. The highest BCUT2D eigenvalue weighted by molar-refractivity contribution is 5.24. The molecule has 0 aliphatic heterocycles. The van der Waals surface area contributed by atoms with Crippen LogP contribution in [0, 0.1) is 11.3 Å². The molecule has 0 saturated heterocycles. The molecule has 1 aromatic carbocycles. The minimum atomic E-state index is -0.271. The SMILES string of the molecule is CCc1ccc(C(O)C2CCC(C)(C)CC2)cc1. The van der Waals surface area contributed by atoms with Gasteiger partial charge in [0.05, 0.1) is 6.10 Å². The zero-order valence-corrected chi connectivity index (χ0v) is 11.9. The van der Waals surface area contributed by atoms with Crippen LogP contribution >= 0.6 is 0 Å². The molecule has 1 aliphatic rings. The molecule has 0 heterocycles. The maximum atomic E-state index is 10.5. The molecule has 1 saturated carbocycles. The minimum Gasteiger partial charge on any atom is -0.388 e. The van der Waals surface area contributed by atoms with Crippen molar-refractivity contribution in [3.05, 3.63) is 35.4 Å². The van der Waals surface area contributed by atoms with E-state index in [9.17, 15) is 5.11 Å². The number of aryl methyl sites for hydroxylation is 1. The Morgan fingerprint density at radius 3 is 2.22 bits per heavy atom. The summed E-state index contributed by atoms with van der Waals surface area (Å²) in [6, 6.07) is 8.49. The number of benzene rings is 1. The van der Waals surface area contributed by atoms with Gasteiger partial charge in [-0.25, -0.2) is 0 Å². The summed E-state index contributed by atoms with van der Waals surface area (Å²) in [5.74, 6) is 0.450. The monoisotopic (exact) mass is 246 g/mol. The van der Waals surface area contributed by atoms with E-state index in [4.69, 9.17) is 0 Å². The summed E-state index contributed by atoms with van der Waals surface area (Å²) in [7, 11) is 0. The second-order valence-electron chi connectivity index (χ2n) is 6.54. The molecular weight excluding hydrogens is 220 g/mol. The van der Waals surface area contributed by atoms with Gasteiger partial charge in [-0.3, -0.25) is 0 Å². The maximum Gasteiger partial charge on any atom is 0.0818 e. The number of hydrogen-bond donors (Lipinski definition) is 1. The summed E-state index contributed by atoms with van der Waals surface area (Å²) >= 11 is 0. The summed E-state index contributed by atoms with van der Waals surface area (Å²) in [4.78, 5) is 0. The Hall–Kier alpha value is -0.820. The van der Waals surface area contributed by atoms with Crippen molar-refractivity contribution < 1.29 is 5.11 Å². The van der Waals surface area contributed by atoms with Crippen molar-refractivity contribution >= 4 is 0 Å². The lowest BCUT2D eigenvalue weighted by atomic mass is 9.71. The zero-order valence-electron chi connectivity index (χ0n) is 11.9. The van der Waals surface area contributed by atoms with E-state index < -0.39 is 0 Å². The first-order valence-electron chi connectivity index (χ1n) is 7.29. The summed E-state index contributed by atoms with van der Waals surface area (Å²) in [5, 5.41) is 10.5. The van der Waals surface area contributed by atoms with E-state index in [-0.39, 0.29) is 6.10 Å². The maximum absolute atomic E-state index is 10.5. The van der Waals surface area contributed by atoms with Gasteiger partial charge in [-0.15, -0.1) is 0 Å². The predicted molar refractivity (Wildman–Crippen MR) is 76.5 cm³/mol. The van der Waals surface area contributed by atoms with E-state index in [1.54, 1.807) is 0 Å². The molecule has 1 nitrogen and oxygen atoms in total. The van der Waals surface area contributed by atoms with Gasteiger partial charge < -0.3 is 5.11 Å². The van der Waals surface area contributed by atoms with E-state index in [1.807, 2.05) is 0 Å². The first-order chi connectivity index (χ1) is 8.52. The highest BCUT2D eigenvalue weighted by Gasteiger charge is 2.31. The van der Waals surface area contributed by atoms with Crippen LogP contribution in [-0.4, -0.2) is 5.11 Å². The standard InChI is InChI=1S/C17H26O/c1-4-13-5-7-14(8-6-13)16(18)15-9-11-17(2,3)12-10-15/h5-8,15-16,18H,4,9-12H2,1-3H3. The van der Waals surface area contributed by atoms with Gasteiger partial charge in [-0.2, -0.15) is 0 Å². The fourth-order valence-electron chi connectivity index (χ4n) is 2.96. The van der Waals surface area contributed by atoms with Crippen molar-refractivity contribution in [1.29, 1.82) is 0 Å². The molecule has 2 rings (SSSR count). The zero-order chi connectivity index (χ0) is 13.2. The largest absolute Gasteiger partial charge is 0.388 e. The van der Waals surface area contributed by atoms with Crippen LogP contribution in [0.5, 0.6) is 0 Å². The van der Waals surface area contributed by atoms with Crippen LogP contribution in [0.4, 0.5) is 0 Å². The van der Waals surface area contributed by atoms with Gasteiger partial charge >= 0.3 is 0 Å². The van der Waals surface area contributed by atoms with Gasteiger partial charge in [0.25, 0.3) is 0 Å². The topological polar surface area (TPSA) is 20.2 Å². The van der Waals surface area contributed by atoms with Gasteiger partial charge in [0.15, 0.2) is 0 Å². The van der Waals surface area contributed by atoms with Crippen molar-refractivity contribution in [2.24, 2.45) is 11.3 Å². The number of rotatable bonds is 3. The lowest BCUT2D eigenvalue weighted by Gasteiger charge is -2.36. The molecule has 1 fully saturated rings. The molecule has 1 aliphatic carbocycles. The Morgan fingerprint density at radius 1 is 1.17 bits per heavy atom. The van der Waals surface area contributed by atoms with Gasteiger partial charge in [0.2, 0.25) is 0 Å². The van der Waals surface area contributed by atoms with Crippen molar-refractivity contribution in [3.63, 3.8) is 0 Å². The molecule has 1 aromatic rings. The molecule has 1 atom stereocenters. The van der Waals surface area contributed by atoms with Crippen LogP contribution in [0.25, 0.3) is 0 Å². The van der Waals surface area contributed by atoms with E-state index in [0.717, 1.165) is 24.8 Å². The van der Waals surface area contributed by atoms with Crippen molar-refractivity contribution in [2.75, 3.05) is 0 Å². The molecular formula is C17H26O. The number of hydrogen-bond acceptors (Lipinski definition) is 1. The Balaban J connectivity index is 2.00. The van der Waals surface area contributed by atoms with Gasteiger partial charge in [0.1, 0.15) is 0 Å². The molecule has 1 N–H and O–H groups in total. The summed E-state index contributed by atoms with van der Waals surface area (Å²) in [5.41, 5.74) is 2.91. The lowest BCUT2D eigenvalue weighted by Crippen LogP contribution is -2.25. The molecule has 1 unspecified atom stereocenters. The fraction of sp³-hybridized carbons (Fsp3) is 0.647. The van der Waals surface area contributed by atoms with Crippen molar-refractivity contribution in [1.82, 2.24) is 0 Å². The van der Waals surface area contributed by atoms with Crippen molar-refractivity contribution in [2.45, 2.75) is 59.0 Å². The second-order valence-corrected chi connectivity index (χ2v) is 6.54. The molecule has 0 amide bonds. The molecule has 1 heteroatoms. The van der Waals surface area contributed by atoms with Crippen LogP contribution in [0.2, 0.25) is 0 Å². The van der Waals surface area contributed by atoms with Gasteiger partial charge in [-0.05, 0) is 54.6 Å². The van der Waals surface area contributed by atoms with Crippen LogP contribution < -0.4 is 0 Å². The van der Waals surface area contributed by atoms with Crippen LogP contribution in [-0.2, 0) is 6.42 Å². The quantitative estimate of drug-likeness (QED) is 0.832.